The third kappa shape index (κ3) is 4.06. The van der Waals surface area contributed by atoms with E-state index in [2.05, 4.69) is 10.3 Å². The summed E-state index contributed by atoms with van der Waals surface area (Å²) < 4.78 is 7.44. The molecule has 1 unspecified atom stereocenters. The van der Waals surface area contributed by atoms with Crippen LogP contribution in [0.5, 0.6) is 5.75 Å². The summed E-state index contributed by atoms with van der Waals surface area (Å²) in [6, 6.07) is 9.79. The number of hydrogen-bond acceptors (Lipinski definition) is 4. The van der Waals surface area contributed by atoms with Gasteiger partial charge in [-0.05, 0) is 18.6 Å². The quantitative estimate of drug-likeness (QED) is 0.775. The first-order valence-corrected chi connectivity index (χ1v) is 6.63. The van der Waals surface area contributed by atoms with Crippen molar-refractivity contribution < 1.29 is 4.74 Å². The van der Waals surface area contributed by atoms with Crippen molar-refractivity contribution in [2.75, 3.05) is 6.61 Å². The summed E-state index contributed by atoms with van der Waals surface area (Å²) in [6.07, 6.45) is 3.67. The van der Waals surface area contributed by atoms with Gasteiger partial charge in [0.1, 0.15) is 5.75 Å². The molecule has 1 atom stereocenters. The molecule has 0 saturated heterocycles. The molecule has 0 saturated carbocycles. The second kappa shape index (κ2) is 6.89. The first-order valence-electron chi connectivity index (χ1n) is 6.63. The van der Waals surface area contributed by atoms with Gasteiger partial charge in [0, 0.05) is 13.0 Å². The third-order valence-electron chi connectivity index (χ3n) is 2.92. The smallest absolute Gasteiger partial charge is 0.119 e. The van der Waals surface area contributed by atoms with E-state index in [4.69, 9.17) is 10.5 Å². The molecule has 0 fully saturated rings. The normalized spacial score (nSPS) is 12.3. The Morgan fingerprint density at radius 3 is 2.84 bits per heavy atom. The number of nitrogens with two attached hydrogens (primary N) is 1. The number of hydrogen-bond donors (Lipinski definition) is 1. The molecule has 1 heterocycles. The van der Waals surface area contributed by atoms with E-state index in [-0.39, 0.29) is 6.04 Å². The Morgan fingerprint density at radius 2 is 2.11 bits per heavy atom. The van der Waals surface area contributed by atoms with Crippen LogP contribution in [0.4, 0.5) is 0 Å². The van der Waals surface area contributed by atoms with E-state index < -0.39 is 0 Å². The van der Waals surface area contributed by atoms with E-state index in [1.165, 1.54) is 0 Å². The molecule has 2 rings (SSSR count). The van der Waals surface area contributed by atoms with Crippen LogP contribution in [-0.4, -0.2) is 21.6 Å². The maximum absolute atomic E-state index is 5.90. The van der Waals surface area contributed by atoms with Crippen molar-refractivity contribution in [3.8, 4) is 5.75 Å². The van der Waals surface area contributed by atoms with E-state index in [0.29, 0.717) is 6.61 Å². The molecule has 0 bridgehead atoms. The Morgan fingerprint density at radius 1 is 1.32 bits per heavy atom. The van der Waals surface area contributed by atoms with Crippen LogP contribution in [0.3, 0.4) is 0 Å². The third-order valence-corrected chi connectivity index (χ3v) is 2.92. The highest BCUT2D eigenvalue weighted by Gasteiger charge is 2.07. The fourth-order valence-electron chi connectivity index (χ4n) is 1.73. The minimum absolute atomic E-state index is 0.0191. The van der Waals surface area contributed by atoms with Crippen LogP contribution in [0.15, 0.2) is 36.5 Å². The molecular weight excluding hydrogens is 240 g/mol. The van der Waals surface area contributed by atoms with Gasteiger partial charge >= 0.3 is 0 Å². The summed E-state index contributed by atoms with van der Waals surface area (Å²) in [4.78, 5) is 0. The molecule has 5 nitrogen and oxygen atoms in total. The van der Waals surface area contributed by atoms with E-state index in [0.717, 1.165) is 30.8 Å². The number of para-hydroxylation sites is 1. The lowest BCUT2D eigenvalue weighted by atomic mass is 10.2. The Kier molecular flexibility index (Phi) is 4.92. The molecule has 1 aromatic carbocycles. The van der Waals surface area contributed by atoms with E-state index in [1.54, 1.807) is 0 Å². The van der Waals surface area contributed by atoms with Crippen molar-refractivity contribution in [2.45, 2.75) is 32.4 Å². The van der Waals surface area contributed by atoms with Gasteiger partial charge in [0.05, 0.1) is 24.5 Å². The topological polar surface area (TPSA) is 66.0 Å². The van der Waals surface area contributed by atoms with Gasteiger partial charge in [-0.15, -0.1) is 5.10 Å². The zero-order chi connectivity index (χ0) is 13.5. The average molecular weight is 260 g/mol. The fourth-order valence-corrected chi connectivity index (χ4v) is 1.73. The van der Waals surface area contributed by atoms with Gasteiger partial charge in [-0.1, -0.05) is 30.3 Å². The number of benzene rings is 1. The summed E-state index contributed by atoms with van der Waals surface area (Å²) in [7, 11) is 0. The van der Waals surface area contributed by atoms with Crippen LogP contribution < -0.4 is 10.5 Å². The van der Waals surface area contributed by atoms with Crippen LogP contribution in [0.25, 0.3) is 0 Å². The highest BCUT2D eigenvalue weighted by atomic mass is 16.5. The first-order chi connectivity index (χ1) is 9.29. The Hall–Kier alpha value is -1.88. The van der Waals surface area contributed by atoms with Crippen LogP contribution in [0, 0.1) is 0 Å². The van der Waals surface area contributed by atoms with Gasteiger partial charge in [0.2, 0.25) is 0 Å². The fraction of sp³-hybridized carbons (Fsp3) is 0.429. The molecule has 1 aromatic heterocycles. The first kappa shape index (κ1) is 13.5. The minimum atomic E-state index is -0.0191. The number of aromatic nitrogens is 3. The van der Waals surface area contributed by atoms with Crippen LogP contribution in [0.2, 0.25) is 0 Å². The summed E-state index contributed by atoms with van der Waals surface area (Å²) in [5.74, 6) is 0.898. The highest BCUT2D eigenvalue weighted by molar-refractivity contribution is 5.20. The lowest BCUT2D eigenvalue weighted by Gasteiger charge is -2.05. The van der Waals surface area contributed by atoms with Gasteiger partial charge in [0.15, 0.2) is 0 Å². The largest absolute Gasteiger partial charge is 0.494 e. The molecule has 0 aliphatic rings. The second-order valence-corrected chi connectivity index (χ2v) is 4.44. The molecule has 0 radical (unpaired) electrons. The lowest BCUT2D eigenvalue weighted by Crippen LogP contribution is -2.09. The summed E-state index contributed by atoms with van der Waals surface area (Å²) in [6.45, 7) is 3.49. The van der Waals surface area contributed by atoms with Crippen molar-refractivity contribution in [3.05, 3.63) is 42.2 Å². The average Bonchev–Trinajstić information content (AvgIpc) is 2.93. The molecule has 19 heavy (non-hydrogen) atoms. The maximum atomic E-state index is 5.90. The van der Waals surface area contributed by atoms with Crippen molar-refractivity contribution in [1.29, 1.82) is 0 Å². The molecule has 2 N–H and O–H groups in total. The second-order valence-electron chi connectivity index (χ2n) is 4.44. The molecule has 5 heteroatoms. The van der Waals surface area contributed by atoms with E-state index in [9.17, 15) is 0 Å². The molecule has 0 aliphatic carbocycles. The Balaban J connectivity index is 1.72. The highest BCUT2D eigenvalue weighted by Crippen LogP contribution is 2.10. The predicted octanol–water partition coefficient (Wildman–Crippen LogP) is 2.16. The van der Waals surface area contributed by atoms with Gasteiger partial charge < -0.3 is 10.5 Å². The molecule has 0 amide bonds. The molecular formula is C14H20N4O. The van der Waals surface area contributed by atoms with Crippen LogP contribution >= 0.6 is 0 Å². The van der Waals surface area contributed by atoms with Crippen molar-refractivity contribution >= 4 is 0 Å². The van der Waals surface area contributed by atoms with Gasteiger partial charge in [-0.3, -0.25) is 4.68 Å². The summed E-state index contributed by atoms with van der Waals surface area (Å²) >= 11 is 0. The van der Waals surface area contributed by atoms with Crippen molar-refractivity contribution in [2.24, 2.45) is 5.73 Å². The van der Waals surface area contributed by atoms with Crippen molar-refractivity contribution in [1.82, 2.24) is 15.0 Å². The zero-order valence-corrected chi connectivity index (χ0v) is 11.2. The van der Waals surface area contributed by atoms with E-state index in [1.807, 2.05) is 48.1 Å². The molecule has 0 aliphatic heterocycles. The van der Waals surface area contributed by atoms with Crippen molar-refractivity contribution in [3.63, 3.8) is 0 Å². The SMILES string of the molecule is CCC(N)c1cn(CCCOc2ccccc2)nn1. The Labute approximate surface area is 113 Å². The molecule has 102 valence electrons. The number of ether oxygens (including phenoxy) is 1. The Bertz CT molecular complexity index is 483. The number of aryl methyl sites for hydroxylation is 1. The zero-order valence-electron chi connectivity index (χ0n) is 11.2. The van der Waals surface area contributed by atoms with Gasteiger partial charge in [-0.2, -0.15) is 0 Å². The number of nitrogens with zero attached hydrogens (tertiary/aromatic N) is 3. The molecule has 2 aromatic rings. The van der Waals surface area contributed by atoms with Crippen LogP contribution in [-0.2, 0) is 6.54 Å². The maximum Gasteiger partial charge on any atom is 0.119 e. The van der Waals surface area contributed by atoms with Gasteiger partial charge in [-0.25, -0.2) is 0 Å². The minimum Gasteiger partial charge on any atom is -0.494 e. The summed E-state index contributed by atoms with van der Waals surface area (Å²) in [5.41, 5.74) is 6.75. The van der Waals surface area contributed by atoms with Gasteiger partial charge in [0.25, 0.3) is 0 Å². The lowest BCUT2D eigenvalue weighted by molar-refractivity contribution is 0.298. The van der Waals surface area contributed by atoms with Crippen LogP contribution in [0.1, 0.15) is 31.5 Å². The predicted molar refractivity (Wildman–Crippen MR) is 73.8 cm³/mol. The monoisotopic (exact) mass is 260 g/mol. The van der Waals surface area contributed by atoms with E-state index >= 15 is 0 Å². The number of rotatable bonds is 7. The molecule has 0 spiro atoms. The summed E-state index contributed by atoms with van der Waals surface area (Å²) in [5, 5.41) is 8.13. The standard InChI is InChI=1S/C14H20N4O/c1-2-13(15)14-11-18(17-16-14)9-6-10-19-12-7-4-3-5-8-12/h3-5,7-8,11,13H,2,6,9-10,15H2,1H3.